The highest BCUT2D eigenvalue weighted by Gasteiger charge is 2.22. The topological polar surface area (TPSA) is 93.9 Å². The van der Waals surface area contributed by atoms with Gasteiger partial charge in [-0.1, -0.05) is 19.1 Å². The number of hydrogen-bond acceptors (Lipinski definition) is 5. The second-order valence-electron chi connectivity index (χ2n) is 6.63. The molecule has 0 saturated carbocycles. The van der Waals surface area contributed by atoms with E-state index in [1.807, 2.05) is 24.3 Å². The zero-order valence-electron chi connectivity index (χ0n) is 15.9. The summed E-state index contributed by atoms with van der Waals surface area (Å²) in [6.45, 7) is 4.65. The number of ether oxygens (including phenoxy) is 2. The molecular weight excluding hydrogens is 358 g/mol. The van der Waals surface area contributed by atoms with Crippen LogP contribution in [0.15, 0.2) is 48.5 Å². The second-order valence-corrected chi connectivity index (χ2v) is 6.63. The number of primary amides is 1. The van der Waals surface area contributed by atoms with Crippen molar-refractivity contribution in [1.29, 1.82) is 0 Å². The van der Waals surface area contributed by atoms with Crippen LogP contribution in [0, 0.1) is 0 Å². The zero-order chi connectivity index (χ0) is 19.9. The van der Waals surface area contributed by atoms with Crippen LogP contribution in [0.2, 0.25) is 0 Å². The van der Waals surface area contributed by atoms with Gasteiger partial charge >= 0.3 is 0 Å². The third-order valence-corrected chi connectivity index (χ3v) is 4.58. The van der Waals surface area contributed by atoms with Gasteiger partial charge in [0, 0.05) is 30.8 Å². The number of amides is 2. The largest absolute Gasteiger partial charge is 0.486 e. The van der Waals surface area contributed by atoms with Gasteiger partial charge in [0.1, 0.15) is 12.7 Å². The lowest BCUT2D eigenvalue weighted by atomic mass is 10.2. The first-order valence-corrected chi connectivity index (χ1v) is 9.35. The molecule has 1 aliphatic heterocycles. The lowest BCUT2D eigenvalue weighted by Crippen LogP contribution is -2.41. The molecule has 1 heterocycles. The Kier molecular flexibility index (Phi) is 6.49. The van der Waals surface area contributed by atoms with Crippen LogP contribution in [0.4, 0.5) is 5.69 Å². The molecule has 3 N–H and O–H groups in total. The summed E-state index contributed by atoms with van der Waals surface area (Å²) in [5, 5.41) is 2.83. The minimum Gasteiger partial charge on any atom is -0.486 e. The van der Waals surface area contributed by atoms with Crippen molar-refractivity contribution < 1.29 is 19.1 Å². The van der Waals surface area contributed by atoms with Crippen molar-refractivity contribution in [3.8, 4) is 11.5 Å². The predicted octanol–water partition coefficient (Wildman–Crippen LogP) is 2.28. The second kappa shape index (κ2) is 9.23. The van der Waals surface area contributed by atoms with Crippen LogP contribution in [0.3, 0.4) is 0 Å². The summed E-state index contributed by atoms with van der Waals surface area (Å²) < 4.78 is 11.7. The molecule has 1 unspecified atom stereocenters. The zero-order valence-corrected chi connectivity index (χ0v) is 15.9. The fourth-order valence-corrected chi connectivity index (χ4v) is 3.02. The first-order chi connectivity index (χ1) is 13.5. The van der Waals surface area contributed by atoms with E-state index in [4.69, 9.17) is 15.2 Å². The molecule has 148 valence electrons. The van der Waals surface area contributed by atoms with Crippen LogP contribution < -0.4 is 20.5 Å². The lowest BCUT2D eigenvalue weighted by molar-refractivity contribution is -0.116. The standard InChI is InChI=1S/C21H25N3O4/c1-2-24(13-17-14-27-18-5-3-4-6-19(18)28-17)12-11-20(25)23-16-9-7-15(8-10-16)21(22)26/h3-10,17H,2,11-14H2,1H3,(H2,22,26)(H,23,25). The number of carbonyl (C=O) groups is 2. The number of fused-ring (bicyclic) bond motifs is 1. The van der Waals surface area contributed by atoms with Gasteiger partial charge in [-0.2, -0.15) is 0 Å². The van der Waals surface area contributed by atoms with Crippen LogP contribution in [-0.2, 0) is 4.79 Å². The van der Waals surface area contributed by atoms with Crippen molar-refractivity contribution in [2.45, 2.75) is 19.4 Å². The van der Waals surface area contributed by atoms with E-state index in [1.165, 1.54) is 0 Å². The maximum absolute atomic E-state index is 12.2. The van der Waals surface area contributed by atoms with E-state index in [-0.39, 0.29) is 12.0 Å². The van der Waals surface area contributed by atoms with E-state index in [9.17, 15) is 9.59 Å². The molecule has 1 aliphatic rings. The van der Waals surface area contributed by atoms with Crippen molar-refractivity contribution >= 4 is 17.5 Å². The van der Waals surface area contributed by atoms with Gasteiger partial charge in [-0.25, -0.2) is 0 Å². The minimum absolute atomic E-state index is 0.0701. The lowest BCUT2D eigenvalue weighted by Gasteiger charge is -2.30. The quantitative estimate of drug-likeness (QED) is 0.729. The van der Waals surface area contributed by atoms with Gasteiger partial charge in [0.15, 0.2) is 11.5 Å². The first-order valence-electron chi connectivity index (χ1n) is 9.35. The van der Waals surface area contributed by atoms with Crippen LogP contribution in [0.5, 0.6) is 11.5 Å². The highest BCUT2D eigenvalue weighted by molar-refractivity contribution is 5.94. The molecule has 0 spiro atoms. The Bertz CT molecular complexity index is 823. The molecule has 0 bridgehead atoms. The molecule has 0 radical (unpaired) electrons. The monoisotopic (exact) mass is 383 g/mol. The molecule has 2 aromatic carbocycles. The van der Waals surface area contributed by atoms with Gasteiger partial charge in [0.2, 0.25) is 11.8 Å². The molecule has 0 fully saturated rings. The summed E-state index contributed by atoms with van der Waals surface area (Å²) in [6.07, 6.45) is 0.287. The Morgan fingerprint density at radius 3 is 2.54 bits per heavy atom. The maximum Gasteiger partial charge on any atom is 0.248 e. The summed E-state index contributed by atoms with van der Waals surface area (Å²) in [7, 11) is 0. The molecule has 0 aromatic heterocycles. The van der Waals surface area contributed by atoms with Crippen molar-refractivity contribution in [2.75, 3.05) is 31.6 Å². The van der Waals surface area contributed by atoms with E-state index in [2.05, 4.69) is 17.1 Å². The number of nitrogens with one attached hydrogen (secondary N) is 1. The number of hydrogen-bond donors (Lipinski definition) is 2. The normalized spacial score (nSPS) is 15.3. The fraction of sp³-hybridized carbons (Fsp3) is 0.333. The van der Waals surface area contributed by atoms with E-state index >= 15 is 0 Å². The number of nitrogens with zero attached hydrogens (tertiary/aromatic N) is 1. The molecular formula is C21H25N3O4. The predicted molar refractivity (Wildman–Crippen MR) is 107 cm³/mol. The van der Waals surface area contributed by atoms with E-state index < -0.39 is 5.91 Å². The summed E-state index contributed by atoms with van der Waals surface area (Å²) in [4.78, 5) is 25.5. The molecule has 2 aromatic rings. The van der Waals surface area contributed by atoms with E-state index in [0.717, 1.165) is 18.0 Å². The highest BCUT2D eigenvalue weighted by Crippen LogP contribution is 2.31. The van der Waals surface area contributed by atoms with Crippen molar-refractivity contribution in [1.82, 2.24) is 4.90 Å². The Morgan fingerprint density at radius 2 is 1.86 bits per heavy atom. The summed E-state index contributed by atoms with van der Waals surface area (Å²) >= 11 is 0. The van der Waals surface area contributed by atoms with Gasteiger partial charge in [-0.3, -0.25) is 14.5 Å². The number of rotatable bonds is 8. The summed E-state index contributed by atoms with van der Waals surface area (Å²) in [5.74, 6) is 0.944. The first kappa shape index (κ1) is 19.7. The van der Waals surface area contributed by atoms with E-state index in [1.54, 1.807) is 24.3 Å². The SMILES string of the molecule is CCN(CCC(=O)Nc1ccc(C(N)=O)cc1)CC1COc2ccccc2O1. The third kappa shape index (κ3) is 5.23. The number of likely N-dealkylation sites (N-methyl/N-ethyl adjacent to an activating group) is 1. The number of carbonyl (C=O) groups excluding carboxylic acids is 2. The average Bonchev–Trinajstić information content (AvgIpc) is 2.71. The highest BCUT2D eigenvalue weighted by atomic mass is 16.6. The van der Waals surface area contributed by atoms with Gasteiger partial charge in [-0.05, 0) is 42.9 Å². The number of nitrogens with two attached hydrogens (primary N) is 1. The molecule has 28 heavy (non-hydrogen) atoms. The minimum atomic E-state index is -0.493. The van der Waals surface area contributed by atoms with Crippen molar-refractivity contribution in [3.05, 3.63) is 54.1 Å². The molecule has 0 saturated heterocycles. The molecule has 3 rings (SSSR count). The van der Waals surface area contributed by atoms with Crippen LogP contribution >= 0.6 is 0 Å². The van der Waals surface area contributed by atoms with Crippen LogP contribution in [0.25, 0.3) is 0 Å². The maximum atomic E-state index is 12.2. The molecule has 0 aliphatic carbocycles. The average molecular weight is 383 g/mol. The van der Waals surface area contributed by atoms with Crippen molar-refractivity contribution in [3.63, 3.8) is 0 Å². The fourth-order valence-electron chi connectivity index (χ4n) is 3.02. The Labute approximate surface area is 164 Å². The van der Waals surface area contributed by atoms with Crippen LogP contribution in [-0.4, -0.2) is 49.1 Å². The molecule has 2 amide bonds. The number of anilines is 1. The summed E-state index contributed by atoms with van der Waals surface area (Å²) in [5.41, 5.74) is 6.26. The molecule has 7 nitrogen and oxygen atoms in total. The third-order valence-electron chi connectivity index (χ3n) is 4.58. The van der Waals surface area contributed by atoms with Gasteiger partial charge < -0.3 is 20.5 Å². The van der Waals surface area contributed by atoms with E-state index in [0.29, 0.717) is 37.4 Å². The Hall–Kier alpha value is -3.06. The summed E-state index contributed by atoms with van der Waals surface area (Å²) in [6, 6.07) is 14.1. The molecule has 1 atom stereocenters. The van der Waals surface area contributed by atoms with Gasteiger partial charge in [0.05, 0.1) is 0 Å². The van der Waals surface area contributed by atoms with Gasteiger partial charge in [-0.15, -0.1) is 0 Å². The van der Waals surface area contributed by atoms with Crippen LogP contribution in [0.1, 0.15) is 23.7 Å². The van der Waals surface area contributed by atoms with Gasteiger partial charge in [0.25, 0.3) is 0 Å². The smallest absolute Gasteiger partial charge is 0.248 e. The Morgan fingerprint density at radius 1 is 1.14 bits per heavy atom. The van der Waals surface area contributed by atoms with Crippen molar-refractivity contribution in [2.24, 2.45) is 5.73 Å². The Balaban J connectivity index is 1.46. The number of benzene rings is 2. The molecule has 7 heteroatoms. The number of para-hydroxylation sites is 2.